The molecule has 0 saturated heterocycles. The molecule has 0 radical (unpaired) electrons. The molecule has 0 heterocycles. The highest BCUT2D eigenvalue weighted by Crippen LogP contribution is 2.17. The molecule has 0 aliphatic heterocycles. The monoisotopic (exact) mass is 219 g/mol. The van der Waals surface area contributed by atoms with Crippen LogP contribution in [-0.4, -0.2) is 20.7 Å². The van der Waals surface area contributed by atoms with E-state index < -0.39 is 0 Å². The van der Waals surface area contributed by atoms with E-state index in [1.807, 2.05) is 33.2 Å². The first-order chi connectivity index (χ1) is 7.59. The second-order valence-electron chi connectivity index (χ2n) is 4.30. The molecule has 0 spiro atoms. The van der Waals surface area contributed by atoms with Crippen LogP contribution < -0.4 is 9.64 Å². The summed E-state index contributed by atoms with van der Waals surface area (Å²) in [5.74, 6) is 0.937. The lowest BCUT2D eigenvalue weighted by Gasteiger charge is -2.13. The minimum Gasteiger partial charge on any atom is -0.494 e. The van der Waals surface area contributed by atoms with Gasteiger partial charge < -0.3 is 9.64 Å². The molecule has 2 heteroatoms. The summed E-state index contributed by atoms with van der Waals surface area (Å²) in [7, 11) is 4.06. The van der Waals surface area contributed by atoms with Gasteiger partial charge in [-0.05, 0) is 44.0 Å². The molecule has 0 N–H and O–H groups in total. The lowest BCUT2D eigenvalue weighted by Crippen LogP contribution is -2.08. The molecule has 1 aromatic carbocycles. The number of hydrogen-bond acceptors (Lipinski definition) is 2. The summed E-state index contributed by atoms with van der Waals surface area (Å²) < 4.78 is 5.63. The van der Waals surface area contributed by atoms with Crippen LogP contribution in [0.15, 0.2) is 36.4 Å². The van der Waals surface area contributed by atoms with E-state index in [9.17, 15) is 0 Å². The standard InChI is InChI=1S/C14H21NO/c1-12(2)6-5-11-16-14-9-7-13(8-10-14)15(3)4/h7-10H,1,5-6,11H2,2-4H3. The Bertz CT molecular complexity index is 327. The second kappa shape index (κ2) is 6.21. The van der Waals surface area contributed by atoms with Gasteiger partial charge in [-0.1, -0.05) is 5.57 Å². The van der Waals surface area contributed by atoms with E-state index in [-0.39, 0.29) is 0 Å². The Hall–Kier alpha value is -1.44. The molecule has 0 unspecified atom stereocenters. The van der Waals surface area contributed by atoms with E-state index in [4.69, 9.17) is 4.74 Å². The van der Waals surface area contributed by atoms with Gasteiger partial charge in [-0.3, -0.25) is 0 Å². The van der Waals surface area contributed by atoms with Crippen molar-refractivity contribution in [2.75, 3.05) is 25.6 Å². The summed E-state index contributed by atoms with van der Waals surface area (Å²) in [5.41, 5.74) is 2.40. The fourth-order valence-electron chi connectivity index (χ4n) is 1.40. The number of hydrogen-bond donors (Lipinski definition) is 0. The van der Waals surface area contributed by atoms with Crippen molar-refractivity contribution in [3.05, 3.63) is 36.4 Å². The number of allylic oxidation sites excluding steroid dienone is 1. The summed E-state index contributed by atoms with van der Waals surface area (Å²) in [6.07, 6.45) is 2.07. The van der Waals surface area contributed by atoms with Crippen LogP contribution in [0.5, 0.6) is 5.75 Å². The van der Waals surface area contributed by atoms with Gasteiger partial charge in [-0.15, -0.1) is 6.58 Å². The first-order valence-electron chi connectivity index (χ1n) is 5.64. The number of anilines is 1. The molecular formula is C14H21NO. The smallest absolute Gasteiger partial charge is 0.119 e. The Labute approximate surface area is 98.5 Å². The van der Waals surface area contributed by atoms with Crippen LogP contribution in [0.3, 0.4) is 0 Å². The average molecular weight is 219 g/mol. The zero-order chi connectivity index (χ0) is 12.0. The van der Waals surface area contributed by atoms with Crippen molar-refractivity contribution in [1.82, 2.24) is 0 Å². The maximum Gasteiger partial charge on any atom is 0.119 e. The topological polar surface area (TPSA) is 12.5 Å². The van der Waals surface area contributed by atoms with Crippen molar-refractivity contribution < 1.29 is 4.74 Å². The molecular weight excluding hydrogens is 198 g/mol. The van der Waals surface area contributed by atoms with Crippen molar-refractivity contribution in [2.24, 2.45) is 0 Å². The SMILES string of the molecule is C=C(C)CCCOc1ccc(N(C)C)cc1. The first-order valence-corrected chi connectivity index (χ1v) is 5.64. The van der Waals surface area contributed by atoms with Crippen LogP contribution in [0.2, 0.25) is 0 Å². The Morgan fingerprint density at radius 1 is 1.25 bits per heavy atom. The third-order valence-corrected chi connectivity index (χ3v) is 2.37. The Morgan fingerprint density at radius 2 is 1.88 bits per heavy atom. The van der Waals surface area contributed by atoms with Gasteiger partial charge in [0.2, 0.25) is 0 Å². The largest absolute Gasteiger partial charge is 0.494 e. The summed E-state index contributed by atoms with van der Waals surface area (Å²) >= 11 is 0. The van der Waals surface area contributed by atoms with Crippen molar-refractivity contribution in [1.29, 1.82) is 0 Å². The summed E-state index contributed by atoms with van der Waals surface area (Å²) in [6.45, 7) is 6.68. The zero-order valence-corrected chi connectivity index (χ0v) is 10.5. The van der Waals surface area contributed by atoms with Gasteiger partial charge in [-0.2, -0.15) is 0 Å². The molecule has 0 bridgehead atoms. The molecule has 1 rings (SSSR count). The molecule has 0 fully saturated rings. The van der Waals surface area contributed by atoms with Crippen molar-refractivity contribution in [3.63, 3.8) is 0 Å². The van der Waals surface area contributed by atoms with Crippen LogP contribution in [0.25, 0.3) is 0 Å². The summed E-state index contributed by atoms with van der Waals surface area (Å²) in [4.78, 5) is 2.07. The molecule has 2 nitrogen and oxygen atoms in total. The maximum atomic E-state index is 5.63. The quantitative estimate of drug-likeness (QED) is 0.536. The van der Waals surface area contributed by atoms with Crippen molar-refractivity contribution in [2.45, 2.75) is 19.8 Å². The van der Waals surface area contributed by atoms with E-state index >= 15 is 0 Å². The average Bonchev–Trinajstić information content (AvgIpc) is 2.25. The third kappa shape index (κ3) is 4.39. The van der Waals surface area contributed by atoms with Gasteiger partial charge >= 0.3 is 0 Å². The Kier molecular flexibility index (Phi) is 4.90. The first kappa shape index (κ1) is 12.6. The predicted molar refractivity (Wildman–Crippen MR) is 70.3 cm³/mol. The van der Waals surface area contributed by atoms with Crippen molar-refractivity contribution in [3.8, 4) is 5.75 Å². The third-order valence-electron chi connectivity index (χ3n) is 2.37. The molecule has 0 aromatic heterocycles. The molecule has 0 saturated carbocycles. The number of benzene rings is 1. The van der Waals surface area contributed by atoms with E-state index in [1.165, 1.54) is 11.3 Å². The Morgan fingerprint density at radius 3 is 2.38 bits per heavy atom. The lowest BCUT2D eigenvalue weighted by atomic mass is 10.2. The molecule has 16 heavy (non-hydrogen) atoms. The normalized spacial score (nSPS) is 9.94. The van der Waals surface area contributed by atoms with E-state index in [2.05, 4.69) is 23.6 Å². The van der Waals surface area contributed by atoms with E-state index in [0.29, 0.717) is 0 Å². The zero-order valence-electron chi connectivity index (χ0n) is 10.5. The summed E-state index contributed by atoms with van der Waals surface area (Å²) in [5, 5.41) is 0. The van der Waals surface area contributed by atoms with E-state index in [0.717, 1.165) is 25.2 Å². The predicted octanol–water partition coefficient (Wildman–Crippen LogP) is 3.49. The van der Waals surface area contributed by atoms with Crippen LogP contribution >= 0.6 is 0 Å². The van der Waals surface area contributed by atoms with Gasteiger partial charge in [0.1, 0.15) is 5.75 Å². The highest BCUT2D eigenvalue weighted by Gasteiger charge is 1.96. The number of nitrogens with zero attached hydrogens (tertiary/aromatic N) is 1. The fraction of sp³-hybridized carbons (Fsp3) is 0.429. The molecule has 1 aromatic rings. The summed E-state index contributed by atoms with van der Waals surface area (Å²) in [6, 6.07) is 8.15. The van der Waals surface area contributed by atoms with Crippen molar-refractivity contribution >= 4 is 5.69 Å². The molecule has 0 atom stereocenters. The maximum absolute atomic E-state index is 5.63. The van der Waals surface area contributed by atoms with Gasteiger partial charge in [-0.25, -0.2) is 0 Å². The van der Waals surface area contributed by atoms with Crippen LogP contribution in [0.1, 0.15) is 19.8 Å². The van der Waals surface area contributed by atoms with Gasteiger partial charge in [0.25, 0.3) is 0 Å². The highest BCUT2D eigenvalue weighted by molar-refractivity contribution is 5.47. The molecule has 0 aliphatic rings. The minimum absolute atomic E-state index is 0.758. The number of rotatable bonds is 6. The second-order valence-corrected chi connectivity index (χ2v) is 4.30. The number of ether oxygens (including phenoxy) is 1. The van der Waals surface area contributed by atoms with Crippen LogP contribution in [0, 0.1) is 0 Å². The molecule has 88 valence electrons. The highest BCUT2D eigenvalue weighted by atomic mass is 16.5. The Balaban J connectivity index is 2.35. The fourth-order valence-corrected chi connectivity index (χ4v) is 1.40. The molecule has 0 aliphatic carbocycles. The van der Waals surface area contributed by atoms with Crippen LogP contribution in [-0.2, 0) is 0 Å². The van der Waals surface area contributed by atoms with Gasteiger partial charge in [0.05, 0.1) is 6.61 Å². The lowest BCUT2D eigenvalue weighted by molar-refractivity contribution is 0.311. The van der Waals surface area contributed by atoms with E-state index in [1.54, 1.807) is 0 Å². The molecule has 0 amide bonds. The van der Waals surface area contributed by atoms with Crippen LogP contribution in [0.4, 0.5) is 5.69 Å². The minimum atomic E-state index is 0.758. The van der Waals surface area contributed by atoms with Gasteiger partial charge in [0, 0.05) is 19.8 Å². The van der Waals surface area contributed by atoms with Gasteiger partial charge in [0.15, 0.2) is 0 Å².